The number of ether oxygens (including phenoxy) is 1. The maximum absolute atomic E-state index is 10.7. The number of rotatable bonds is 4. The minimum Gasteiger partial charge on any atom is -0.466 e. The summed E-state index contributed by atoms with van der Waals surface area (Å²) in [5.74, 6) is -0.0403. The van der Waals surface area contributed by atoms with Crippen molar-refractivity contribution >= 4 is 13.1 Å². The van der Waals surface area contributed by atoms with Crippen LogP contribution in [0.3, 0.4) is 0 Å². The summed E-state index contributed by atoms with van der Waals surface area (Å²) in [5.41, 5.74) is -0.597. The second kappa shape index (κ2) is 4.98. The van der Waals surface area contributed by atoms with Crippen molar-refractivity contribution in [2.24, 2.45) is 0 Å². The number of hydrogen-bond donors (Lipinski definition) is 0. The lowest BCUT2D eigenvalue weighted by atomic mass is 9.71. The normalized spacial score (nSPS) is 23.5. The Kier molecular flexibility index (Phi) is 4.26. The van der Waals surface area contributed by atoms with Gasteiger partial charge in [-0.25, -0.2) is 0 Å². The fourth-order valence-electron chi connectivity index (χ4n) is 1.65. The lowest BCUT2D eigenvalue weighted by Crippen LogP contribution is -2.41. The molecule has 0 aliphatic carbocycles. The van der Waals surface area contributed by atoms with Gasteiger partial charge in [0.2, 0.25) is 0 Å². The van der Waals surface area contributed by atoms with Gasteiger partial charge in [0, 0.05) is 6.92 Å². The molecule has 1 rings (SSSR count). The first-order valence-corrected chi connectivity index (χ1v) is 6.15. The van der Waals surface area contributed by atoms with Gasteiger partial charge in [0.15, 0.2) is 0 Å². The molecule has 0 aromatic carbocycles. The molecule has 0 N–H and O–H groups in total. The zero-order chi connectivity index (χ0) is 13.3. The zero-order valence-electron chi connectivity index (χ0n) is 11.7. The molecule has 0 amide bonds. The Morgan fingerprint density at radius 1 is 1.24 bits per heavy atom. The van der Waals surface area contributed by atoms with Crippen LogP contribution in [0, 0.1) is 0 Å². The maximum Gasteiger partial charge on any atom is 0.461 e. The van der Waals surface area contributed by atoms with Gasteiger partial charge in [0.1, 0.15) is 0 Å². The number of carbonyl (C=O) groups excluding carboxylic acids is 1. The molecule has 0 spiro atoms. The highest BCUT2D eigenvalue weighted by atomic mass is 16.7. The first kappa shape index (κ1) is 14.5. The van der Waals surface area contributed by atoms with Crippen molar-refractivity contribution in [2.45, 2.75) is 65.0 Å². The quantitative estimate of drug-likeness (QED) is 0.561. The van der Waals surface area contributed by atoms with Crippen LogP contribution in [0.2, 0.25) is 5.82 Å². The summed E-state index contributed by atoms with van der Waals surface area (Å²) in [5, 5.41) is 0. The van der Waals surface area contributed by atoms with Gasteiger partial charge in [-0.1, -0.05) is 6.92 Å². The van der Waals surface area contributed by atoms with Gasteiger partial charge < -0.3 is 14.0 Å². The van der Waals surface area contributed by atoms with Crippen LogP contribution in [0.4, 0.5) is 0 Å². The lowest BCUT2D eigenvalue weighted by molar-refractivity contribution is -0.141. The molecule has 0 radical (unpaired) electrons. The van der Waals surface area contributed by atoms with Gasteiger partial charge in [-0.15, -0.1) is 0 Å². The van der Waals surface area contributed by atoms with Gasteiger partial charge in [-0.05, 0) is 39.9 Å². The summed E-state index contributed by atoms with van der Waals surface area (Å²) in [4.78, 5) is 10.7. The predicted molar refractivity (Wildman–Crippen MR) is 66.8 cm³/mol. The van der Waals surface area contributed by atoms with Crippen LogP contribution in [-0.4, -0.2) is 30.9 Å². The molecule has 1 aliphatic heterocycles. The highest BCUT2D eigenvalue weighted by Crippen LogP contribution is 2.40. The summed E-state index contributed by atoms with van der Waals surface area (Å²) in [6.45, 7) is 12.0. The Balaban J connectivity index is 2.45. The molecule has 4 nitrogen and oxygen atoms in total. The highest BCUT2D eigenvalue weighted by molar-refractivity contribution is 6.47. The highest BCUT2D eigenvalue weighted by Gasteiger charge is 2.52. The number of hydrogen-bond acceptors (Lipinski definition) is 4. The third-order valence-electron chi connectivity index (χ3n) is 3.61. The molecule has 98 valence electrons. The minimum absolute atomic E-state index is 0.204. The average Bonchev–Trinajstić information content (AvgIpc) is 2.35. The molecule has 1 atom stereocenters. The van der Waals surface area contributed by atoms with E-state index in [2.05, 4.69) is 0 Å². The fraction of sp³-hybridized carbons (Fsp3) is 0.917. The number of carbonyl (C=O) groups is 1. The Bertz CT molecular complexity index is 272. The van der Waals surface area contributed by atoms with Crippen LogP contribution < -0.4 is 0 Å². The minimum atomic E-state index is -0.298. The van der Waals surface area contributed by atoms with E-state index in [1.807, 2.05) is 34.6 Å². The smallest absolute Gasteiger partial charge is 0.461 e. The topological polar surface area (TPSA) is 44.8 Å². The van der Waals surface area contributed by atoms with E-state index >= 15 is 0 Å². The molecule has 5 heteroatoms. The van der Waals surface area contributed by atoms with E-state index in [1.54, 1.807) is 0 Å². The lowest BCUT2D eigenvalue weighted by Gasteiger charge is -2.32. The van der Waals surface area contributed by atoms with Crippen molar-refractivity contribution in [3.63, 3.8) is 0 Å². The van der Waals surface area contributed by atoms with Crippen LogP contribution in [0.1, 0.15) is 48.0 Å². The van der Waals surface area contributed by atoms with Crippen LogP contribution in [0.25, 0.3) is 0 Å². The summed E-state index contributed by atoms with van der Waals surface area (Å²) in [6, 6.07) is 0. The van der Waals surface area contributed by atoms with Gasteiger partial charge in [-0.3, -0.25) is 4.79 Å². The molecule has 0 saturated carbocycles. The Morgan fingerprint density at radius 2 is 1.71 bits per heavy atom. The second-order valence-electron chi connectivity index (χ2n) is 5.73. The molecular formula is C12H23BO4. The van der Waals surface area contributed by atoms with Crippen molar-refractivity contribution < 1.29 is 18.8 Å². The SMILES string of the molecule is CC(=O)OCC[C@H](C)B1OC(C)(C)C(C)(C)O1. The Labute approximate surface area is 104 Å². The fourth-order valence-corrected chi connectivity index (χ4v) is 1.65. The molecule has 1 fully saturated rings. The van der Waals surface area contributed by atoms with Crippen LogP contribution in [0.15, 0.2) is 0 Å². The molecular weight excluding hydrogens is 219 g/mol. The third-order valence-corrected chi connectivity index (χ3v) is 3.61. The van der Waals surface area contributed by atoms with Crippen molar-refractivity contribution in [3.05, 3.63) is 0 Å². The van der Waals surface area contributed by atoms with Gasteiger partial charge in [-0.2, -0.15) is 0 Å². The second-order valence-corrected chi connectivity index (χ2v) is 5.73. The summed E-state index contributed by atoms with van der Waals surface area (Å²) < 4.78 is 16.8. The van der Waals surface area contributed by atoms with E-state index in [1.165, 1.54) is 6.92 Å². The molecule has 0 aromatic heterocycles. The molecule has 1 saturated heterocycles. The van der Waals surface area contributed by atoms with Gasteiger partial charge in [0.25, 0.3) is 0 Å². The van der Waals surface area contributed by atoms with Crippen molar-refractivity contribution in [1.29, 1.82) is 0 Å². The molecule has 17 heavy (non-hydrogen) atoms. The zero-order valence-corrected chi connectivity index (χ0v) is 11.7. The third kappa shape index (κ3) is 3.46. The van der Waals surface area contributed by atoms with E-state index in [0.717, 1.165) is 6.42 Å². The van der Waals surface area contributed by atoms with E-state index in [9.17, 15) is 4.79 Å². The monoisotopic (exact) mass is 242 g/mol. The van der Waals surface area contributed by atoms with Crippen LogP contribution >= 0.6 is 0 Å². The first-order valence-electron chi connectivity index (χ1n) is 6.15. The maximum atomic E-state index is 10.7. The Hall–Kier alpha value is -0.545. The average molecular weight is 242 g/mol. The first-order chi connectivity index (χ1) is 7.66. The van der Waals surface area contributed by atoms with Crippen molar-refractivity contribution in [1.82, 2.24) is 0 Å². The molecule has 0 bridgehead atoms. The Morgan fingerprint density at radius 3 is 2.12 bits per heavy atom. The van der Waals surface area contributed by atoms with Gasteiger partial charge in [0.05, 0.1) is 17.8 Å². The summed E-state index contributed by atoms with van der Waals surface area (Å²) in [6.07, 6.45) is 0.746. The van der Waals surface area contributed by atoms with E-state index in [0.29, 0.717) is 6.61 Å². The predicted octanol–water partition coefficient (Wildman–Crippen LogP) is 2.42. The molecule has 1 heterocycles. The van der Waals surface area contributed by atoms with Crippen molar-refractivity contribution in [2.75, 3.05) is 6.61 Å². The standard InChI is InChI=1S/C12H23BO4/c1-9(7-8-15-10(2)14)13-16-11(3,4)12(5,6)17-13/h9H,7-8H2,1-6H3/t9-/m0/s1. The molecule has 1 aliphatic rings. The number of esters is 1. The van der Waals surface area contributed by atoms with Crippen LogP contribution in [0.5, 0.6) is 0 Å². The van der Waals surface area contributed by atoms with E-state index in [4.69, 9.17) is 14.0 Å². The van der Waals surface area contributed by atoms with E-state index < -0.39 is 0 Å². The molecule has 0 unspecified atom stereocenters. The van der Waals surface area contributed by atoms with Crippen LogP contribution in [-0.2, 0) is 18.8 Å². The largest absolute Gasteiger partial charge is 0.466 e. The summed E-state index contributed by atoms with van der Waals surface area (Å²) in [7, 11) is -0.226. The van der Waals surface area contributed by atoms with Crippen molar-refractivity contribution in [3.8, 4) is 0 Å². The van der Waals surface area contributed by atoms with Gasteiger partial charge >= 0.3 is 13.1 Å². The van der Waals surface area contributed by atoms with E-state index in [-0.39, 0.29) is 30.1 Å². The summed E-state index contributed by atoms with van der Waals surface area (Å²) >= 11 is 0. The molecule has 0 aromatic rings.